The first-order valence-electron chi connectivity index (χ1n) is 5.84. The number of nitrogens with zero attached hydrogens (tertiary/aromatic N) is 1. The van der Waals surface area contributed by atoms with Gasteiger partial charge in [0.2, 0.25) is 0 Å². The summed E-state index contributed by atoms with van der Waals surface area (Å²) in [5.41, 5.74) is -0.779. The van der Waals surface area contributed by atoms with Crippen LogP contribution in [0.15, 0.2) is 50.6 Å². The van der Waals surface area contributed by atoms with Gasteiger partial charge in [-0.05, 0) is 34.5 Å². The minimum absolute atomic E-state index is 0.384. The molecule has 5 nitrogen and oxygen atoms in total. The average molecular weight is 325 g/mol. The Morgan fingerprint density at radius 3 is 2.74 bits per heavy atom. The van der Waals surface area contributed by atoms with Crippen molar-refractivity contribution in [2.24, 2.45) is 0 Å². The van der Waals surface area contributed by atoms with E-state index in [1.165, 1.54) is 16.8 Å². The van der Waals surface area contributed by atoms with Crippen LogP contribution in [0.5, 0.6) is 5.75 Å². The molecule has 0 radical (unpaired) electrons. The van der Waals surface area contributed by atoms with Crippen LogP contribution in [-0.4, -0.2) is 16.2 Å². The van der Waals surface area contributed by atoms with Gasteiger partial charge in [0.05, 0.1) is 11.1 Å². The summed E-state index contributed by atoms with van der Waals surface area (Å²) in [4.78, 5) is 24.5. The Balaban J connectivity index is 1.86. The van der Waals surface area contributed by atoms with E-state index >= 15 is 0 Å². The van der Waals surface area contributed by atoms with Crippen LogP contribution in [0, 0.1) is 0 Å². The summed E-state index contributed by atoms with van der Waals surface area (Å²) in [6, 6.07) is 8.91. The molecule has 0 atom stereocenters. The van der Waals surface area contributed by atoms with Gasteiger partial charge in [0.15, 0.2) is 0 Å². The Labute approximate surface area is 118 Å². The van der Waals surface area contributed by atoms with Crippen molar-refractivity contribution >= 4 is 15.9 Å². The molecule has 0 bridgehead atoms. The lowest BCUT2D eigenvalue weighted by Gasteiger charge is -2.08. The molecule has 1 aromatic heterocycles. The van der Waals surface area contributed by atoms with E-state index in [0.29, 0.717) is 19.6 Å². The molecule has 0 saturated heterocycles. The summed E-state index contributed by atoms with van der Waals surface area (Å²) < 4.78 is 7.94. The minimum atomic E-state index is -0.395. The topological polar surface area (TPSA) is 64.1 Å². The summed E-state index contributed by atoms with van der Waals surface area (Å²) >= 11 is 3.39. The van der Waals surface area contributed by atoms with Gasteiger partial charge in [0, 0.05) is 18.8 Å². The van der Waals surface area contributed by atoms with Crippen molar-refractivity contribution in [3.8, 4) is 5.75 Å². The van der Waals surface area contributed by atoms with Gasteiger partial charge in [-0.15, -0.1) is 0 Å². The monoisotopic (exact) mass is 324 g/mol. The van der Waals surface area contributed by atoms with E-state index in [9.17, 15) is 9.59 Å². The molecule has 100 valence electrons. The van der Waals surface area contributed by atoms with E-state index in [1.807, 2.05) is 24.3 Å². The zero-order valence-corrected chi connectivity index (χ0v) is 11.7. The number of aromatic amines is 1. The highest BCUT2D eigenvalue weighted by Crippen LogP contribution is 2.23. The van der Waals surface area contributed by atoms with Gasteiger partial charge in [-0.2, -0.15) is 0 Å². The summed E-state index contributed by atoms with van der Waals surface area (Å²) in [6.07, 6.45) is 2.16. The molecule has 2 aromatic rings. The van der Waals surface area contributed by atoms with Gasteiger partial charge < -0.3 is 9.30 Å². The summed E-state index contributed by atoms with van der Waals surface area (Å²) in [7, 11) is 0. The zero-order chi connectivity index (χ0) is 13.7. The molecule has 0 aliphatic heterocycles. The van der Waals surface area contributed by atoms with Crippen molar-refractivity contribution in [2.45, 2.75) is 13.0 Å². The number of H-pyrrole nitrogens is 1. The predicted octanol–water partition coefficient (Wildman–Crippen LogP) is 1.77. The maximum Gasteiger partial charge on any atom is 0.328 e. The minimum Gasteiger partial charge on any atom is -0.492 e. The lowest BCUT2D eigenvalue weighted by Crippen LogP contribution is -2.29. The zero-order valence-electron chi connectivity index (χ0n) is 10.1. The number of hydrogen-bond acceptors (Lipinski definition) is 3. The van der Waals surface area contributed by atoms with Crippen molar-refractivity contribution in [2.75, 3.05) is 6.61 Å². The Morgan fingerprint density at radius 1 is 1.21 bits per heavy atom. The molecule has 0 amide bonds. The van der Waals surface area contributed by atoms with Gasteiger partial charge in [-0.3, -0.25) is 9.78 Å². The molecular weight excluding hydrogens is 312 g/mol. The fraction of sp³-hybridized carbons (Fsp3) is 0.231. The Bertz CT molecular complexity index is 663. The van der Waals surface area contributed by atoms with Crippen molar-refractivity contribution in [3.63, 3.8) is 0 Å². The standard InChI is InChI=1S/C13H13BrN2O3/c14-10-4-1-2-5-11(10)19-9-3-7-16-8-6-12(17)15-13(16)18/h1-2,4-6,8H,3,7,9H2,(H,15,17,18). The Hall–Kier alpha value is -1.82. The molecule has 0 aliphatic rings. The number of benzene rings is 1. The van der Waals surface area contributed by atoms with E-state index in [0.717, 1.165) is 10.2 Å². The van der Waals surface area contributed by atoms with Crippen LogP contribution >= 0.6 is 15.9 Å². The average Bonchev–Trinajstić information content (AvgIpc) is 2.38. The number of hydrogen-bond donors (Lipinski definition) is 1. The molecule has 0 aliphatic carbocycles. The highest BCUT2D eigenvalue weighted by molar-refractivity contribution is 9.10. The lowest BCUT2D eigenvalue weighted by atomic mass is 10.3. The number of nitrogens with one attached hydrogen (secondary N) is 1. The molecule has 2 rings (SSSR count). The van der Waals surface area contributed by atoms with Crippen molar-refractivity contribution < 1.29 is 4.74 Å². The predicted molar refractivity (Wildman–Crippen MR) is 75.6 cm³/mol. The number of ether oxygens (including phenoxy) is 1. The van der Waals surface area contributed by atoms with Crippen LogP contribution in [-0.2, 0) is 6.54 Å². The van der Waals surface area contributed by atoms with Crippen molar-refractivity contribution in [1.29, 1.82) is 0 Å². The summed E-state index contributed by atoms with van der Waals surface area (Å²) in [6.45, 7) is 0.994. The molecule has 0 unspecified atom stereocenters. The molecule has 0 saturated carbocycles. The van der Waals surface area contributed by atoms with Crippen LogP contribution in [0.3, 0.4) is 0 Å². The SMILES string of the molecule is O=c1ccn(CCCOc2ccccc2Br)c(=O)[nH]1. The van der Waals surface area contributed by atoms with E-state index in [2.05, 4.69) is 20.9 Å². The van der Waals surface area contributed by atoms with Crippen LogP contribution < -0.4 is 16.0 Å². The lowest BCUT2D eigenvalue weighted by molar-refractivity contribution is 0.298. The van der Waals surface area contributed by atoms with E-state index in [4.69, 9.17) is 4.74 Å². The van der Waals surface area contributed by atoms with Crippen LogP contribution in [0.2, 0.25) is 0 Å². The quantitative estimate of drug-likeness (QED) is 0.852. The van der Waals surface area contributed by atoms with Gasteiger partial charge in [-0.25, -0.2) is 4.79 Å². The molecule has 0 spiro atoms. The van der Waals surface area contributed by atoms with Gasteiger partial charge in [0.1, 0.15) is 5.75 Å². The van der Waals surface area contributed by atoms with Crippen LogP contribution in [0.4, 0.5) is 0 Å². The van der Waals surface area contributed by atoms with E-state index in [1.54, 1.807) is 0 Å². The second-order valence-electron chi connectivity index (χ2n) is 3.94. The third-order valence-corrected chi connectivity index (χ3v) is 3.19. The van der Waals surface area contributed by atoms with E-state index in [-0.39, 0.29) is 5.56 Å². The molecule has 19 heavy (non-hydrogen) atoms. The highest BCUT2D eigenvalue weighted by Gasteiger charge is 2.00. The van der Waals surface area contributed by atoms with Crippen molar-refractivity contribution in [1.82, 2.24) is 9.55 Å². The Kier molecular flexibility index (Phi) is 4.57. The fourth-order valence-corrected chi connectivity index (χ4v) is 2.00. The first-order valence-corrected chi connectivity index (χ1v) is 6.63. The Morgan fingerprint density at radius 2 is 2.00 bits per heavy atom. The second-order valence-corrected chi connectivity index (χ2v) is 4.79. The first kappa shape index (κ1) is 13.6. The number of aromatic nitrogens is 2. The van der Waals surface area contributed by atoms with Crippen molar-refractivity contribution in [3.05, 3.63) is 61.8 Å². The number of aryl methyl sites for hydroxylation is 1. The third kappa shape index (κ3) is 3.82. The first-order chi connectivity index (χ1) is 9.16. The molecule has 1 heterocycles. The summed E-state index contributed by atoms with van der Waals surface area (Å²) in [5.74, 6) is 0.774. The van der Waals surface area contributed by atoms with Gasteiger partial charge in [0.25, 0.3) is 5.56 Å². The fourth-order valence-electron chi connectivity index (χ4n) is 1.60. The normalized spacial score (nSPS) is 10.4. The second kappa shape index (κ2) is 6.38. The van der Waals surface area contributed by atoms with Gasteiger partial charge >= 0.3 is 5.69 Å². The van der Waals surface area contributed by atoms with Crippen LogP contribution in [0.1, 0.15) is 6.42 Å². The largest absolute Gasteiger partial charge is 0.492 e. The number of rotatable bonds is 5. The third-order valence-electron chi connectivity index (χ3n) is 2.53. The number of halogens is 1. The smallest absolute Gasteiger partial charge is 0.328 e. The molecule has 1 aromatic carbocycles. The van der Waals surface area contributed by atoms with Crippen LogP contribution in [0.25, 0.3) is 0 Å². The summed E-state index contributed by atoms with van der Waals surface area (Å²) in [5, 5.41) is 0. The highest BCUT2D eigenvalue weighted by atomic mass is 79.9. The molecule has 1 N–H and O–H groups in total. The molecule has 0 fully saturated rings. The number of para-hydroxylation sites is 1. The molecular formula is C13H13BrN2O3. The maximum atomic E-state index is 11.4. The van der Waals surface area contributed by atoms with E-state index < -0.39 is 5.69 Å². The van der Waals surface area contributed by atoms with Gasteiger partial charge in [-0.1, -0.05) is 12.1 Å². The molecule has 6 heteroatoms. The maximum absolute atomic E-state index is 11.4.